The Kier molecular flexibility index (Phi) is 7.14. The fourth-order valence-corrected chi connectivity index (χ4v) is 5.15. The van der Waals surface area contributed by atoms with Crippen molar-refractivity contribution in [1.29, 1.82) is 0 Å². The summed E-state index contributed by atoms with van der Waals surface area (Å²) in [6.45, 7) is 6.99. The molecule has 1 amide bonds. The molecule has 3 heterocycles. The van der Waals surface area contributed by atoms with E-state index in [1.165, 1.54) is 5.69 Å². The van der Waals surface area contributed by atoms with Crippen LogP contribution in [0.4, 0.5) is 5.69 Å². The number of fused-ring (bicyclic) bond motifs is 1. The number of aromatic nitrogens is 1. The Balaban J connectivity index is 1.20. The van der Waals surface area contributed by atoms with E-state index in [2.05, 4.69) is 57.4 Å². The molecule has 0 saturated carbocycles. The quantitative estimate of drug-likeness (QED) is 0.421. The van der Waals surface area contributed by atoms with E-state index in [0.717, 1.165) is 50.3 Å². The first-order valence-electron chi connectivity index (χ1n) is 12.5. The van der Waals surface area contributed by atoms with Gasteiger partial charge in [-0.2, -0.15) is 0 Å². The van der Waals surface area contributed by atoms with Crippen LogP contribution in [-0.4, -0.2) is 77.0 Å². The molecule has 7 nitrogen and oxygen atoms in total. The van der Waals surface area contributed by atoms with E-state index in [0.29, 0.717) is 37.5 Å². The smallest absolute Gasteiger partial charge is 0.271 e. The van der Waals surface area contributed by atoms with Gasteiger partial charge in [-0.25, -0.2) is 0 Å². The van der Waals surface area contributed by atoms with Crippen molar-refractivity contribution in [2.75, 3.05) is 50.7 Å². The van der Waals surface area contributed by atoms with Crippen LogP contribution in [0.15, 0.2) is 78.1 Å². The molecule has 0 radical (unpaired) electrons. The third-order valence-corrected chi connectivity index (χ3v) is 7.10. The van der Waals surface area contributed by atoms with Gasteiger partial charge in [-0.05, 0) is 36.7 Å². The Labute approximate surface area is 206 Å². The zero-order chi connectivity index (χ0) is 24.0. The molecular formula is C28H33N5O2. The van der Waals surface area contributed by atoms with E-state index in [1.807, 2.05) is 39.9 Å². The molecule has 5 rings (SSSR count). The van der Waals surface area contributed by atoms with Crippen molar-refractivity contribution in [3.8, 4) is 0 Å². The van der Waals surface area contributed by atoms with Gasteiger partial charge in [0, 0.05) is 69.7 Å². The number of para-hydroxylation sites is 1. The van der Waals surface area contributed by atoms with Crippen molar-refractivity contribution >= 4 is 17.3 Å². The van der Waals surface area contributed by atoms with Crippen LogP contribution in [0.2, 0.25) is 0 Å². The van der Waals surface area contributed by atoms with Crippen molar-refractivity contribution in [1.82, 2.24) is 14.4 Å². The lowest BCUT2D eigenvalue weighted by Crippen LogP contribution is -2.47. The number of anilines is 1. The highest BCUT2D eigenvalue weighted by Crippen LogP contribution is 2.23. The molecule has 2 aliphatic rings. The summed E-state index contributed by atoms with van der Waals surface area (Å²) in [4.78, 5) is 20.5. The Morgan fingerprint density at radius 1 is 0.829 bits per heavy atom. The summed E-state index contributed by atoms with van der Waals surface area (Å²) < 4.78 is 1.99. The van der Waals surface area contributed by atoms with Gasteiger partial charge in [0.1, 0.15) is 5.69 Å². The molecule has 35 heavy (non-hydrogen) atoms. The molecule has 0 spiro atoms. The van der Waals surface area contributed by atoms with E-state index in [4.69, 9.17) is 0 Å². The molecule has 182 valence electrons. The number of amides is 1. The third kappa shape index (κ3) is 5.25. The van der Waals surface area contributed by atoms with Gasteiger partial charge in [0.2, 0.25) is 0 Å². The molecule has 1 saturated heterocycles. The first kappa shape index (κ1) is 23.2. The lowest BCUT2D eigenvalue weighted by atomic mass is 10.1. The van der Waals surface area contributed by atoms with Crippen LogP contribution in [0.3, 0.4) is 0 Å². The summed E-state index contributed by atoms with van der Waals surface area (Å²) in [6, 6.07) is 22.6. The van der Waals surface area contributed by atoms with Crippen LogP contribution in [0.1, 0.15) is 34.5 Å². The van der Waals surface area contributed by atoms with Gasteiger partial charge in [-0.15, -0.1) is 0 Å². The monoisotopic (exact) mass is 471 g/mol. The second-order valence-electron chi connectivity index (χ2n) is 9.30. The topological polar surface area (TPSA) is 64.3 Å². The Hall–Kier alpha value is -3.58. The minimum Gasteiger partial charge on any atom is -0.411 e. The fourth-order valence-electron chi connectivity index (χ4n) is 5.15. The van der Waals surface area contributed by atoms with Crippen molar-refractivity contribution < 1.29 is 10.0 Å². The minimum absolute atomic E-state index is 0.0217. The lowest BCUT2D eigenvalue weighted by Gasteiger charge is -2.36. The average molecular weight is 472 g/mol. The molecule has 1 aromatic heterocycles. The zero-order valence-electron chi connectivity index (χ0n) is 20.1. The van der Waals surface area contributed by atoms with Gasteiger partial charge in [0.05, 0.1) is 5.71 Å². The van der Waals surface area contributed by atoms with Gasteiger partial charge in [0.25, 0.3) is 5.91 Å². The van der Waals surface area contributed by atoms with E-state index in [-0.39, 0.29) is 5.91 Å². The maximum absolute atomic E-state index is 13.6. The van der Waals surface area contributed by atoms with E-state index in [1.54, 1.807) is 0 Å². The number of carbonyl (C=O) groups is 1. The summed E-state index contributed by atoms with van der Waals surface area (Å²) in [5.74, 6) is 0.0217. The van der Waals surface area contributed by atoms with Crippen LogP contribution in [0, 0.1) is 0 Å². The molecule has 1 N–H and O–H groups in total. The fraction of sp³-hybridized carbons (Fsp3) is 0.357. The SMILES string of the molecule is O=C1c2c(ccn2Cc2ccccc2)C(=NO)CCN1CCCN1CCN(c2ccccc2)CC1. The molecule has 2 aliphatic heterocycles. The zero-order valence-corrected chi connectivity index (χ0v) is 20.1. The molecule has 7 heteroatoms. The highest BCUT2D eigenvalue weighted by molar-refractivity contribution is 6.11. The first-order valence-corrected chi connectivity index (χ1v) is 12.5. The standard InChI is InChI=1S/C28H33N5O2/c34-28-27-25(12-16-33(27)22-23-8-3-1-4-9-23)26(29-35)13-17-32(28)15-7-14-30-18-20-31(21-19-30)24-10-5-2-6-11-24/h1-6,8-12,16,35H,7,13-15,17-22H2. The molecule has 0 atom stereocenters. The summed E-state index contributed by atoms with van der Waals surface area (Å²) in [5, 5.41) is 13.2. The number of benzene rings is 2. The minimum atomic E-state index is 0.0217. The maximum atomic E-state index is 13.6. The highest BCUT2D eigenvalue weighted by Gasteiger charge is 2.29. The van der Waals surface area contributed by atoms with Crippen molar-refractivity contribution in [3.05, 3.63) is 89.7 Å². The molecule has 3 aromatic rings. The van der Waals surface area contributed by atoms with Crippen molar-refractivity contribution in [2.24, 2.45) is 5.16 Å². The number of hydrogen-bond acceptors (Lipinski definition) is 5. The lowest BCUT2D eigenvalue weighted by molar-refractivity contribution is 0.0744. The molecule has 0 aliphatic carbocycles. The number of carbonyl (C=O) groups excluding carboxylic acids is 1. The first-order chi connectivity index (χ1) is 17.2. The van der Waals surface area contributed by atoms with Crippen molar-refractivity contribution in [3.63, 3.8) is 0 Å². The van der Waals surface area contributed by atoms with Crippen LogP contribution in [0.25, 0.3) is 0 Å². The summed E-state index contributed by atoms with van der Waals surface area (Å²) in [6.07, 6.45) is 3.41. The highest BCUT2D eigenvalue weighted by atomic mass is 16.4. The van der Waals surface area contributed by atoms with Crippen LogP contribution in [-0.2, 0) is 6.54 Å². The summed E-state index contributed by atoms with van der Waals surface area (Å²) in [5.41, 5.74) is 4.37. The molecular weight excluding hydrogens is 438 g/mol. The van der Waals surface area contributed by atoms with Crippen LogP contribution < -0.4 is 4.90 Å². The Bertz CT molecular complexity index is 1150. The van der Waals surface area contributed by atoms with Gasteiger partial charge in [-0.3, -0.25) is 9.69 Å². The predicted octanol–water partition coefficient (Wildman–Crippen LogP) is 3.77. The largest absolute Gasteiger partial charge is 0.411 e. The van der Waals surface area contributed by atoms with Gasteiger partial charge in [-0.1, -0.05) is 53.7 Å². The molecule has 1 fully saturated rings. The normalized spacial score (nSPS) is 18.1. The van der Waals surface area contributed by atoms with Crippen molar-refractivity contribution in [2.45, 2.75) is 19.4 Å². The van der Waals surface area contributed by atoms with Gasteiger partial charge in [0.15, 0.2) is 0 Å². The summed E-state index contributed by atoms with van der Waals surface area (Å²) in [7, 11) is 0. The van der Waals surface area contributed by atoms with E-state index in [9.17, 15) is 10.0 Å². The van der Waals surface area contributed by atoms with E-state index >= 15 is 0 Å². The Morgan fingerprint density at radius 2 is 1.54 bits per heavy atom. The average Bonchev–Trinajstić information content (AvgIpc) is 3.26. The number of piperazine rings is 1. The third-order valence-electron chi connectivity index (χ3n) is 7.10. The molecule has 2 aromatic carbocycles. The van der Waals surface area contributed by atoms with Gasteiger partial charge >= 0.3 is 0 Å². The maximum Gasteiger partial charge on any atom is 0.271 e. The number of nitrogens with zero attached hydrogens (tertiary/aromatic N) is 5. The number of oxime groups is 1. The van der Waals surface area contributed by atoms with Crippen LogP contribution >= 0.6 is 0 Å². The Morgan fingerprint density at radius 3 is 2.26 bits per heavy atom. The molecule has 0 unspecified atom stereocenters. The predicted molar refractivity (Wildman–Crippen MR) is 139 cm³/mol. The van der Waals surface area contributed by atoms with E-state index < -0.39 is 0 Å². The molecule has 0 bridgehead atoms. The van der Waals surface area contributed by atoms with Crippen LogP contribution in [0.5, 0.6) is 0 Å². The number of hydrogen-bond donors (Lipinski definition) is 1. The van der Waals surface area contributed by atoms with Gasteiger partial charge < -0.3 is 19.6 Å². The second-order valence-corrected chi connectivity index (χ2v) is 9.30. The number of rotatable bonds is 7. The summed E-state index contributed by atoms with van der Waals surface area (Å²) >= 11 is 0. The second kappa shape index (κ2) is 10.8.